The predicted molar refractivity (Wildman–Crippen MR) is 159 cm³/mol. The second-order valence-corrected chi connectivity index (χ2v) is 11.0. The van der Waals surface area contributed by atoms with Crippen LogP contribution in [0.3, 0.4) is 0 Å². The molecule has 0 spiro atoms. The van der Waals surface area contributed by atoms with E-state index < -0.39 is 29.8 Å². The van der Waals surface area contributed by atoms with Crippen LogP contribution in [0.4, 0.5) is 25.3 Å². The molecule has 2 amide bonds. The highest BCUT2D eigenvalue weighted by Crippen LogP contribution is 2.36. The lowest BCUT2D eigenvalue weighted by Crippen LogP contribution is -2.51. The first-order valence-corrected chi connectivity index (χ1v) is 14.4. The molecular formula is C31H33F2N7O4. The maximum absolute atomic E-state index is 14.1. The van der Waals surface area contributed by atoms with E-state index in [-0.39, 0.29) is 12.2 Å². The summed E-state index contributed by atoms with van der Waals surface area (Å²) in [5, 5.41) is 20.3. The van der Waals surface area contributed by atoms with E-state index in [0.29, 0.717) is 66.7 Å². The number of ether oxygens (including phenoxy) is 2. The molecule has 4 aromatic rings. The number of amides is 2. The summed E-state index contributed by atoms with van der Waals surface area (Å²) in [6.45, 7) is 3.28. The van der Waals surface area contributed by atoms with Gasteiger partial charge in [-0.15, -0.1) is 0 Å². The number of hydrogen-bond donors (Lipinski definition) is 3. The Morgan fingerprint density at radius 1 is 1.11 bits per heavy atom. The van der Waals surface area contributed by atoms with E-state index >= 15 is 0 Å². The molecule has 0 aliphatic carbocycles. The number of methoxy groups -OCH3 is 1. The van der Waals surface area contributed by atoms with Crippen LogP contribution in [0.5, 0.6) is 0 Å². The molecule has 11 nitrogen and oxygen atoms in total. The lowest BCUT2D eigenvalue weighted by molar-refractivity contribution is 0.0210. The molecule has 2 aliphatic rings. The fourth-order valence-corrected chi connectivity index (χ4v) is 5.54. The predicted octanol–water partition coefficient (Wildman–Crippen LogP) is 4.15. The van der Waals surface area contributed by atoms with Gasteiger partial charge in [-0.05, 0) is 49.6 Å². The molecule has 2 aromatic carbocycles. The van der Waals surface area contributed by atoms with Crippen molar-refractivity contribution in [1.82, 2.24) is 25.1 Å². The van der Waals surface area contributed by atoms with Gasteiger partial charge in [0.25, 0.3) is 0 Å². The molecule has 4 heterocycles. The van der Waals surface area contributed by atoms with Crippen molar-refractivity contribution in [1.29, 1.82) is 0 Å². The Hall–Kier alpha value is -4.46. The van der Waals surface area contributed by atoms with Crippen LogP contribution in [0.1, 0.15) is 30.1 Å². The molecule has 0 radical (unpaired) electrons. The quantitative estimate of drug-likeness (QED) is 0.260. The molecular weight excluding hydrogens is 572 g/mol. The van der Waals surface area contributed by atoms with E-state index in [1.54, 1.807) is 24.2 Å². The van der Waals surface area contributed by atoms with Gasteiger partial charge in [-0.2, -0.15) is 5.10 Å². The smallest absolute Gasteiger partial charge is 0.320 e. The van der Waals surface area contributed by atoms with Crippen LogP contribution < -0.4 is 15.5 Å². The number of urea groups is 1. The number of para-hydroxylation sites is 1. The first-order chi connectivity index (χ1) is 21.3. The molecule has 3 N–H and O–H groups in total. The molecule has 0 bridgehead atoms. The average Bonchev–Trinajstić information content (AvgIpc) is 3.56. The number of halogens is 2. The first kappa shape index (κ1) is 29.6. The van der Waals surface area contributed by atoms with Gasteiger partial charge in [-0.1, -0.05) is 24.3 Å². The van der Waals surface area contributed by atoms with Gasteiger partial charge in [0.15, 0.2) is 11.6 Å². The van der Waals surface area contributed by atoms with Crippen LogP contribution >= 0.6 is 0 Å². The summed E-state index contributed by atoms with van der Waals surface area (Å²) in [6.07, 6.45) is 3.08. The van der Waals surface area contributed by atoms with E-state index in [2.05, 4.69) is 20.6 Å². The Kier molecular flexibility index (Phi) is 8.51. The number of nitrogens with zero attached hydrogens (tertiary/aromatic N) is 5. The number of nitrogens with one attached hydrogen (secondary N) is 2. The second-order valence-electron chi connectivity index (χ2n) is 11.0. The third-order valence-corrected chi connectivity index (χ3v) is 7.87. The number of carbonyl (C=O) groups excluding carboxylic acids is 1. The molecule has 0 saturated carbocycles. The zero-order valence-electron chi connectivity index (χ0n) is 24.3. The number of benzene rings is 2. The molecule has 2 fully saturated rings. The van der Waals surface area contributed by atoms with Crippen molar-refractivity contribution in [3.8, 4) is 16.9 Å². The maximum Gasteiger partial charge on any atom is 0.320 e. The molecule has 0 unspecified atom stereocenters. The summed E-state index contributed by atoms with van der Waals surface area (Å²) in [7, 11) is 1.59. The highest BCUT2D eigenvalue weighted by Gasteiger charge is 2.38. The van der Waals surface area contributed by atoms with E-state index in [1.165, 1.54) is 6.07 Å². The number of hydrogen-bond acceptors (Lipinski definition) is 8. The summed E-state index contributed by atoms with van der Waals surface area (Å²) in [6, 6.07) is 12.0. The minimum Gasteiger partial charge on any atom is -0.389 e. The van der Waals surface area contributed by atoms with Crippen molar-refractivity contribution >= 4 is 17.8 Å². The fraction of sp³-hybridized carbons (Fsp3) is 0.355. The molecule has 2 aliphatic heterocycles. The van der Waals surface area contributed by atoms with Crippen LogP contribution in [-0.4, -0.2) is 75.9 Å². The maximum atomic E-state index is 14.1. The first-order valence-electron chi connectivity index (χ1n) is 14.4. The Bertz CT molecular complexity index is 1610. The molecule has 44 heavy (non-hydrogen) atoms. The van der Waals surface area contributed by atoms with Crippen molar-refractivity contribution in [2.75, 3.05) is 37.0 Å². The molecule has 2 saturated heterocycles. The lowest BCUT2D eigenvalue weighted by Gasteiger charge is -2.35. The monoisotopic (exact) mass is 605 g/mol. The van der Waals surface area contributed by atoms with E-state index in [4.69, 9.17) is 14.6 Å². The van der Waals surface area contributed by atoms with Crippen LogP contribution in [-0.2, 0) is 9.47 Å². The Morgan fingerprint density at radius 2 is 1.86 bits per heavy atom. The molecule has 2 aromatic heterocycles. The minimum atomic E-state index is -0.982. The third-order valence-electron chi connectivity index (χ3n) is 7.87. The third kappa shape index (κ3) is 6.11. The van der Waals surface area contributed by atoms with Gasteiger partial charge in [-0.3, -0.25) is 5.32 Å². The Morgan fingerprint density at radius 3 is 2.55 bits per heavy atom. The molecule has 230 valence electrons. The fourth-order valence-electron chi connectivity index (χ4n) is 5.54. The van der Waals surface area contributed by atoms with Gasteiger partial charge >= 0.3 is 6.03 Å². The summed E-state index contributed by atoms with van der Waals surface area (Å²) >= 11 is 0. The highest BCUT2D eigenvalue weighted by molar-refractivity contribution is 5.91. The minimum absolute atomic E-state index is 0.246. The number of anilines is 2. The van der Waals surface area contributed by atoms with E-state index in [0.717, 1.165) is 17.8 Å². The van der Waals surface area contributed by atoms with Gasteiger partial charge in [0, 0.05) is 50.3 Å². The van der Waals surface area contributed by atoms with Gasteiger partial charge in [-0.25, -0.2) is 28.2 Å². The number of aliphatic hydroxyl groups excluding tert-OH is 1. The summed E-state index contributed by atoms with van der Waals surface area (Å²) in [5.74, 6) is -0.971. The standard InChI is InChI=1S/C31H33F2N7O4/c1-18-27(20-14-34-30(35-15-20)39-16-22(41)17-39)38-40(21-6-4-3-5-7-21)29(18)37-31(42)36-26-13-23(10-11-43-2)44-28(26)19-8-9-24(32)25(33)12-19/h3-9,12,14-15,22-23,26,28,41H,10-11,13,16-17H2,1-2H3,(H2,36,37,42)/t23-,26-,28+/m1/s1. The van der Waals surface area contributed by atoms with Crippen molar-refractivity contribution in [2.45, 2.75) is 44.1 Å². The average molecular weight is 606 g/mol. The van der Waals surface area contributed by atoms with Crippen LogP contribution in [0.2, 0.25) is 0 Å². The number of aliphatic hydroxyl groups is 1. The SMILES string of the molecule is COCC[C@@H]1C[C@@H](NC(=O)Nc2c(C)c(-c3cnc(N4CC(O)C4)nc3)nn2-c2ccccc2)[C@H](c2ccc(F)c(F)c2)O1. The van der Waals surface area contributed by atoms with Gasteiger partial charge in [0.05, 0.1) is 23.9 Å². The number of carbonyl (C=O) groups is 1. The van der Waals surface area contributed by atoms with Crippen LogP contribution in [0, 0.1) is 18.6 Å². The Balaban J connectivity index is 1.26. The number of β-amino-alcohol motifs (C(OH)–C–C–N with tert-alkyl or cyclic N) is 1. The summed E-state index contributed by atoms with van der Waals surface area (Å²) < 4.78 is 40.8. The summed E-state index contributed by atoms with van der Waals surface area (Å²) in [5.41, 5.74) is 3.10. The van der Waals surface area contributed by atoms with Gasteiger partial charge in [0.1, 0.15) is 17.6 Å². The zero-order chi connectivity index (χ0) is 30.8. The van der Waals surface area contributed by atoms with Crippen molar-refractivity contribution in [2.24, 2.45) is 0 Å². The Labute approximate surface area is 252 Å². The lowest BCUT2D eigenvalue weighted by atomic mass is 10.0. The molecule has 3 atom stereocenters. The number of aromatic nitrogens is 4. The van der Waals surface area contributed by atoms with Crippen LogP contribution in [0.25, 0.3) is 16.9 Å². The van der Waals surface area contributed by atoms with Crippen molar-refractivity contribution < 1.29 is 28.2 Å². The summed E-state index contributed by atoms with van der Waals surface area (Å²) in [4.78, 5) is 24.3. The largest absolute Gasteiger partial charge is 0.389 e. The van der Waals surface area contributed by atoms with Gasteiger partial charge in [0.2, 0.25) is 5.95 Å². The molecule has 6 rings (SSSR count). The highest BCUT2D eigenvalue weighted by atomic mass is 19.2. The van der Waals surface area contributed by atoms with Crippen molar-refractivity contribution in [3.05, 3.63) is 83.7 Å². The van der Waals surface area contributed by atoms with E-state index in [1.807, 2.05) is 42.2 Å². The van der Waals surface area contributed by atoms with E-state index in [9.17, 15) is 18.7 Å². The second kappa shape index (κ2) is 12.6. The van der Waals surface area contributed by atoms with Crippen molar-refractivity contribution in [3.63, 3.8) is 0 Å². The normalized spacial score (nSPS) is 20.0. The van der Waals surface area contributed by atoms with Crippen LogP contribution in [0.15, 0.2) is 60.9 Å². The van der Waals surface area contributed by atoms with Gasteiger partial charge < -0.3 is 24.8 Å². The molecule has 13 heteroatoms. The zero-order valence-corrected chi connectivity index (χ0v) is 24.3. The number of rotatable bonds is 9. The topological polar surface area (TPSA) is 127 Å².